The first-order chi connectivity index (χ1) is 13.4. The van der Waals surface area contributed by atoms with E-state index in [0.29, 0.717) is 10.7 Å². The van der Waals surface area contributed by atoms with Gasteiger partial charge in [-0.25, -0.2) is 0 Å². The Morgan fingerprint density at radius 2 is 1.79 bits per heavy atom. The molecule has 2 aromatic carbocycles. The molecule has 0 fully saturated rings. The molecule has 0 saturated carbocycles. The van der Waals surface area contributed by atoms with E-state index in [1.165, 1.54) is 29.3 Å². The van der Waals surface area contributed by atoms with E-state index < -0.39 is 24.4 Å². The zero-order valence-corrected chi connectivity index (χ0v) is 16.4. The van der Waals surface area contributed by atoms with Crippen LogP contribution < -0.4 is 10.6 Å². The molecule has 1 aliphatic carbocycles. The van der Waals surface area contributed by atoms with Crippen LogP contribution in [-0.4, -0.2) is 30.9 Å². The highest BCUT2D eigenvalue weighted by molar-refractivity contribution is 6.36. The molecule has 0 atom stereocenters. The second-order valence-electron chi connectivity index (χ2n) is 6.35. The maximum Gasteiger partial charge on any atom is 0.325 e. The summed E-state index contributed by atoms with van der Waals surface area (Å²) in [7, 11) is 0. The van der Waals surface area contributed by atoms with Gasteiger partial charge in [-0.05, 0) is 60.7 Å². The zero-order valence-electron chi connectivity index (χ0n) is 14.9. The number of benzene rings is 2. The van der Waals surface area contributed by atoms with Crippen molar-refractivity contribution in [3.8, 4) is 0 Å². The van der Waals surface area contributed by atoms with E-state index in [0.717, 1.165) is 19.3 Å². The summed E-state index contributed by atoms with van der Waals surface area (Å²) in [4.78, 5) is 35.7. The largest absolute Gasteiger partial charge is 0.454 e. The van der Waals surface area contributed by atoms with Crippen LogP contribution in [-0.2, 0) is 27.2 Å². The molecule has 0 radical (unpaired) electrons. The highest BCUT2D eigenvalue weighted by Crippen LogP contribution is 2.25. The van der Waals surface area contributed by atoms with Crippen LogP contribution in [0.5, 0.6) is 0 Å². The van der Waals surface area contributed by atoms with Crippen molar-refractivity contribution >= 4 is 46.7 Å². The van der Waals surface area contributed by atoms with Crippen LogP contribution in [0.4, 0.5) is 5.69 Å². The normalized spacial score (nSPS) is 12.2. The van der Waals surface area contributed by atoms with Gasteiger partial charge in [0.1, 0.15) is 6.54 Å². The average molecular weight is 421 g/mol. The molecule has 2 amide bonds. The highest BCUT2D eigenvalue weighted by atomic mass is 35.5. The SMILES string of the molecule is O=C(COC(=O)CNC(=O)c1ccc(Cl)cc1Cl)Nc1ccc2c(c1)CCC2. The molecule has 0 saturated heterocycles. The van der Waals surface area contributed by atoms with Gasteiger partial charge < -0.3 is 15.4 Å². The number of hydrogen-bond acceptors (Lipinski definition) is 4. The molecule has 28 heavy (non-hydrogen) atoms. The van der Waals surface area contributed by atoms with Crippen LogP contribution >= 0.6 is 23.2 Å². The lowest BCUT2D eigenvalue weighted by atomic mass is 10.1. The van der Waals surface area contributed by atoms with Crippen LogP contribution in [0.3, 0.4) is 0 Å². The van der Waals surface area contributed by atoms with Crippen LogP contribution in [0.2, 0.25) is 10.0 Å². The van der Waals surface area contributed by atoms with Crippen LogP contribution in [0, 0.1) is 0 Å². The quantitative estimate of drug-likeness (QED) is 0.701. The standard InChI is InChI=1S/C20H18Cl2N2O4/c21-14-5-7-16(17(22)9-14)20(27)23-10-19(26)28-11-18(25)24-15-6-4-12-2-1-3-13(12)8-15/h4-9H,1-3,10-11H2,(H,23,27)(H,24,25). The molecular formula is C20H18Cl2N2O4. The number of carbonyl (C=O) groups excluding carboxylic acids is 3. The van der Waals surface area contributed by atoms with Gasteiger partial charge in [-0.15, -0.1) is 0 Å². The van der Waals surface area contributed by atoms with Gasteiger partial charge in [0.05, 0.1) is 10.6 Å². The van der Waals surface area contributed by atoms with Gasteiger partial charge in [-0.3, -0.25) is 14.4 Å². The molecule has 3 rings (SSSR count). The van der Waals surface area contributed by atoms with E-state index >= 15 is 0 Å². The average Bonchev–Trinajstić information content (AvgIpc) is 3.12. The van der Waals surface area contributed by atoms with Crippen molar-refractivity contribution in [2.24, 2.45) is 0 Å². The minimum Gasteiger partial charge on any atom is -0.454 e. The monoisotopic (exact) mass is 420 g/mol. The van der Waals surface area contributed by atoms with E-state index in [4.69, 9.17) is 27.9 Å². The van der Waals surface area contributed by atoms with Crippen LogP contribution in [0.15, 0.2) is 36.4 Å². The third-order valence-electron chi connectivity index (χ3n) is 4.32. The third kappa shape index (κ3) is 5.24. The van der Waals surface area contributed by atoms with Gasteiger partial charge in [-0.2, -0.15) is 0 Å². The van der Waals surface area contributed by atoms with Crippen molar-refractivity contribution in [1.82, 2.24) is 5.32 Å². The van der Waals surface area contributed by atoms with E-state index in [-0.39, 0.29) is 17.1 Å². The van der Waals surface area contributed by atoms with Crippen LogP contribution in [0.25, 0.3) is 0 Å². The number of carbonyl (C=O) groups is 3. The second kappa shape index (κ2) is 9.08. The lowest BCUT2D eigenvalue weighted by molar-refractivity contribution is -0.146. The summed E-state index contributed by atoms with van der Waals surface area (Å²) in [6.45, 7) is -0.822. The Bertz CT molecular complexity index is 930. The molecule has 146 valence electrons. The van der Waals surface area contributed by atoms with Crippen molar-refractivity contribution < 1.29 is 19.1 Å². The second-order valence-corrected chi connectivity index (χ2v) is 7.20. The first kappa shape index (κ1) is 20.2. The van der Waals surface area contributed by atoms with E-state index in [2.05, 4.69) is 10.6 Å². The molecule has 0 aliphatic heterocycles. The number of fused-ring (bicyclic) bond motifs is 1. The maximum atomic E-state index is 12.0. The van der Waals surface area contributed by atoms with Crippen molar-refractivity contribution in [2.75, 3.05) is 18.5 Å². The predicted molar refractivity (Wildman–Crippen MR) is 107 cm³/mol. The zero-order chi connectivity index (χ0) is 20.1. The number of hydrogen-bond donors (Lipinski definition) is 2. The fourth-order valence-corrected chi connectivity index (χ4v) is 3.46. The Morgan fingerprint density at radius 1 is 1.00 bits per heavy atom. The van der Waals surface area contributed by atoms with Gasteiger partial charge in [0.15, 0.2) is 6.61 Å². The van der Waals surface area contributed by atoms with Gasteiger partial charge in [0.25, 0.3) is 11.8 Å². The molecule has 6 nitrogen and oxygen atoms in total. The fourth-order valence-electron chi connectivity index (χ4n) is 2.97. The number of rotatable bonds is 6. The minimum absolute atomic E-state index is 0.173. The molecule has 0 aromatic heterocycles. The predicted octanol–water partition coefficient (Wildman–Crippen LogP) is 3.39. The summed E-state index contributed by atoms with van der Waals surface area (Å²) >= 11 is 11.7. The fraction of sp³-hybridized carbons (Fsp3) is 0.250. The number of ether oxygens (including phenoxy) is 1. The number of anilines is 1. The Labute approximate surface area is 172 Å². The molecule has 1 aliphatic rings. The van der Waals surface area contributed by atoms with Gasteiger partial charge >= 0.3 is 5.97 Å². The van der Waals surface area contributed by atoms with Crippen molar-refractivity contribution in [1.29, 1.82) is 0 Å². The summed E-state index contributed by atoms with van der Waals surface area (Å²) in [5, 5.41) is 5.66. The van der Waals surface area contributed by atoms with Gasteiger partial charge in [0.2, 0.25) is 0 Å². The lowest BCUT2D eigenvalue weighted by Gasteiger charge is -2.09. The van der Waals surface area contributed by atoms with Crippen molar-refractivity contribution in [3.05, 3.63) is 63.1 Å². The van der Waals surface area contributed by atoms with Gasteiger partial charge in [-0.1, -0.05) is 29.3 Å². The Morgan fingerprint density at radius 3 is 2.57 bits per heavy atom. The summed E-state index contributed by atoms with van der Waals surface area (Å²) in [5.41, 5.74) is 3.40. The van der Waals surface area contributed by atoms with Gasteiger partial charge in [0, 0.05) is 10.7 Å². The van der Waals surface area contributed by atoms with Crippen molar-refractivity contribution in [3.63, 3.8) is 0 Å². The Kier molecular flexibility index (Phi) is 6.54. The molecule has 0 spiro atoms. The highest BCUT2D eigenvalue weighted by Gasteiger charge is 2.15. The maximum absolute atomic E-state index is 12.0. The smallest absolute Gasteiger partial charge is 0.325 e. The molecule has 2 aromatic rings. The lowest BCUT2D eigenvalue weighted by Crippen LogP contribution is -2.32. The summed E-state index contributed by atoms with van der Waals surface area (Å²) in [6.07, 6.45) is 3.19. The van der Waals surface area contributed by atoms with E-state index in [9.17, 15) is 14.4 Å². The summed E-state index contributed by atoms with van der Waals surface area (Å²) < 4.78 is 4.88. The topological polar surface area (TPSA) is 84.5 Å². The number of halogens is 2. The number of nitrogens with one attached hydrogen (secondary N) is 2. The van der Waals surface area contributed by atoms with E-state index in [1.54, 1.807) is 0 Å². The number of aryl methyl sites for hydroxylation is 2. The molecule has 0 heterocycles. The minimum atomic E-state index is -0.734. The number of amides is 2. The molecular weight excluding hydrogens is 403 g/mol. The first-order valence-electron chi connectivity index (χ1n) is 8.73. The Hall–Kier alpha value is -2.57. The van der Waals surface area contributed by atoms with Crippen LogP contribution in [0.1, 0.15) is 27.9 Å². The molecule has 8 heteroatoms. The third-order valence-corrected chi connectivity index (χ3v) is 4.86. The van der Waals surface area contributed by atoms with E-state index in [1.807, 2.05) is 18.2 Å². The molecule has 0 unspecified atom stereocenters. The summed E-state index contributed by atoms with van der Waals surface area (Å²) in [5.74, 6) is -1.72. The molecule has 2 N–H and O–H groups in total. The molecule has 0 bridgehead atoms. The number of esters is 1. The van der Waals surface area contributed by atoms with Crippen molar-refractivity contribution in [2.45, 2.75) is 19.3 Å². The first-order valence-corrected chi connectivity index (χ1v) is 9.48. The Balaban J connectivity index is 1.42. The summed E-state index contributed by atoms with van der Waals surface area (Å²) in [6, 6.07) is 10.2.